The van der Waals surface area contributed by atoms with Gasteiger partial charge in [-0.15, -0.1) is 0 Å². The molecule has 0 aromatic heterocycles. The van der Waals surface area contributed by atoms with Crippen LogP contribution < -0.4 is 9.47 Å². The van der Waals surface area contributed by atoms with Crippen LogP contribution in [0.25, 0.3) is 0 Å². The van der Waals surface area contributed by atoms with Crippen molar-refractivity contribution in [3.05, 3.63) is 60.2 Å². The molecule has 2 rings (SSSR count). The number of esters is 1. The van der Waals surface area contributed by atoms with Crippen LogP contribution in [0.3, 0.4) is 0 Å². The lowest BCUT2D eigenvalue weighted by atomic mass is 10.1. The first-order chi connectivity index (χ1) is 14.8. The van der Waals surface area contributed by atoms with E-state index in [9.17, 15) is 4.79 Å². The topological polar surface area (TPSA) is 35.5 Å². The highest BCUT2D eigenvalue weighted by Crippen LogP contribution is 2.16. The van der Waals surface area contributed by atoms with Crippen molar-refractivity contribution in [3.8, 4) is 11.5 Å². The highest BCUT2D eigenvalue weighted by molar-refractivity contribution is 5.91. The van der Waals surface area contributed by atoms with Crippen LogP contribution in [0.1, 0.15) is 94.3 Å². The number of carbonyl (C=O) groups is 1. The molecule has 164 valence electrons. The minimum atomic E-state index is -0.353. The Kier molecular flexibility index (Phi) is 12.4. The molecule has 0 amide bonds. The molecule has 0 fully saturated rings. The first-order valence-electron chi connectivity index (χ1n) is 11.8. The molecule has 0 aliphatic heterocycles. The monoisotopic (exact) mass is 410 g/mol. The van der Waals surface area contributed by atoms with Crippen molar-refractivity contribution in [1.82, 2.24) is 0 Å². The summed E-state index contributed by atoms with van der Waals surface area (Å²) in [5.74, 6) is 0.998. The first kappa shape index (κ1) is 24.0. The zero-order valence-electron chi connectivity index (χ0n) is 18.6. The summed E-state index contributed by atoms with van der Waals surface area (Å²) in [6.45, 7) is 3.00. The minimum Gasteiger partial charge on any atom is -0.494 e. The number of para-hydroxylation sites is 1. The third kappa shape index (κ3) is 10.5. The molecule has 0 N–H and O–H groups in total. The van der Waals surface area contributed by atoms with Gasteiger partial charge in [0.15, 0.2) is 0 Å². The maximum atomic E-state index is 12.1. The summed E-state index contributed by atoms with van der Waals surface area (Å²) >= 11 is 0. The Hall–Kier alpha value is -2.29. The van der Waals surface area contributed by atoms with E-state index < -0.39 is 0 Å². The highest BCUT2D eigenvalue weighted by atomic mass is 16.5. The van der Waals surface area contributed by atoms with E-state index in [1.807, 2.05) is 30.3 Å². The number of ether oxygens (including phenoxy) is 2. The Bertz CT molecular complexity index is 679. The van der Waals surface area contributed by atoms with Gasteiger partial charge in [0.2, 0.25) is 0 Å². The molecule has 0 aliphatic carbocycles. The molecule has 0 spiro atoms. The SMILES string of the molecule is CCCCCCCCCCCCCCOc1ccc(C(=O)Oc2ccccc2)cc1. The van der Waals surface area contributed by atoms with Gasteiger partial charge >= 0.3 is 5.97 Å². The second-order valence-corrected chi connectivity index (χ2v) is 7.96. The summed E-state index contributed by atoms with van der Waals surface area (Å²) in [4.78, 5) is 12.1. The molecule has 0 saturated heterocycles. The fraction of sp³-hybridized carbons (Fsp3) is 0.519. The Morgan fingerprint density at radius 1 is 0.633 bits per heavy atom. The van der Waals surface area contributed by atoms with E-state index in [4.69, 9.17) is 9.47 Å². The lowest BCUT2D eigenvalue weighted by Crippen LogP contribution is -2.08. The van der Waals surface area contributed by atoms with E-state index in [0.29, 0.717) is 11.3 Å². The third-order valence-corrected chi connectivity index (χ3v) is 5.31. The first-order valence-corrected chi connectivity index (χ1v) is 11.8. The van der Waals surface area contributed by atoms with E-state index in [1.54, 1.807) is 24.3 Å². The number of hydrogen-bond donors (Lipinski definition) is 0. The molecule has 0 radical (unpaired) electrons. The largest absolute Gasteiger partial charge is 0.494 e. The molecule has 0 atom stereocenters. The van der Waals surface area contributed by atoms with Crippen molar-refractivity contribution in [2.24, 2.45) is 0 Å². The van der Waals surface area contributed by atoms with Gasteiger partial charge in [0.1, 0.15) is 11.5 Å². The second kappa shape index (κ2) is 15.5. The summed E-state index contributed by atoms with van der Waals surface area (Å²) in [6.07, 6.45) is 16.1. The lowest BCUT2D eigenvalue weighted by molar-refractivity contribution is 0.0734. The molecule has 3 heteroatoms. The van der Waals surface area contributed by atoms with E-state index >= 15 is 0 Å². The van der Waals surface area contributed by atoms with Gasteiger partial charge in [-0.05, 0) is 42.8 Å². The summed E-state index contributed by atoms with van der Waals surface area (Å²) in [5, 5.41) is 0. The quantitative estimate of drug-likeness (QED) is 0.160. The van der Waals surface area contributed by atoms with Gasteiger partial charge in [0, 0.05) is 0 Å². The van der Waals surface area contributed by atoms with Gasteiger partial charge in [0.05, 0.1) is 12.2 Å². The van der Waals surface area contributed by atoms with Gasteiger partial charge in [0.25, 0.3) is 0 Å². The predicted molar refractivity (Wildman–Crippen MR) is 124 cm³/mol. The summed E-state index contributed by atoms with van der Waals surface area (Å²) < 4.78 is 11.1. The fourth-order valence-corrected chi connectivity index (χ4v) is 3.47. The third-order valence-electron chi connectivity index (χ3n) is 5.31. The Labute approximate surface area is 182 Å². The van der Waals surface area contributed by atoms with Crippen LogP contribution in [0.2, 0.25) is 0 Å². The number of benzene rings is 2. The number of unbranched alkanes of at least 4 members (excludes halogenated alkanes) is 11. The van der Waals surface area contributed by atoms with E-state index in [0.717, 1.165) is 18.8 Å². The fourth-order valence-electron chi connectivity index (χ4n) is 3.47. The highest BCUT2D eigenvalue weighted by Gasteiger charge is 2.08. The molecule has 0 unspecified atom stereocenters. The van der Waals surface area contributed by atoms with Gasteiger partial charge in [-0.25, -0.2) is 4.79 Å². The smallest absolute Gasteiger partial charge is 0.343 e. The maximum Gasteiger partial charge on any atom is 0.343 e. The predicted octanol–water partition coefficient (Wildman–Crippen LogP) is 7.99. The lowest BCUT2D eigenvalue weighted by Gasteiger charge is -2.08. The molecule has 0 aliphatic rings. The van der Waals surface area contributed by atoms with E-state index in [-0.39, 0.29) is 5.97 Å². The zero-order chi connectivity index (χ0) is 21.3. The average Bonchev–Trinajstić information content (AvgIpc) is 2.78. The summed E-state index contributed by atoms with van der Waals surface area (Å²) in [6, 6.07) is 16.3. The second-order valence-electron chi connectivity index (χ2n) is 7.96. The van der Waals surface area contributed by atoms with Crippen molar-refractivity contribution in [2.45, 2.75) is 84.0 Å². The molecule has 30 heavy (non-hydrogen) atoms. The van der Waals surface area contributed by atoms with Crippen molar-refractivity contribution in [1.29, 1.82) is 0 Å². The summed E-state index contributed by atoms with van der Waals surface area (Å²) in [7, 11) is 0. The van der Waals surface area contributed by atoms with Gasteiger partial charge in [-0.3, -0.25) is 0 Å². The molecule has 2 aromatic rings. The average molecular weight is 411 g/mol. The van der Waals surface area contributed by atoms with Crippen LogP contribution in [0, 0.1) is 0 Å². The zero-order valence-corrected chi connectivity index (χ0v) is 18.6. The van der Waals surface area contributed by atoms with Crippen LogP contribution in [0.5, 0.6) is 11.5 Å². The van der Waals surface area contributed by atoms with Crippen LogP contribution in [0.15, 0.2) is 54.6 Å². The molecule has 0 saturated carbocycles. The number of carbonyl (C=O) groups excluding carboxylic acids is 1. The normalized spacial score (nSPS) is 10.7. The molecule has 3 nitrogen and oxygen atoms in total. The Morgan fingerprint density at radius 3 is 1.73 bits per heavy atom. The Morgan fingerprint density at radius 2 is 1.17 bits per heavy atom. The minimum absolute atomic E-state index is 0.353. The van der Waals surface area contributed by atoms with Gasteiger partial charge in [-0.1, -0.05) is 95.8 Å². The van der Waals surface area contributed by atoms with Crippen molar-refractivity contribution < 1.29 is 14.3 Å². The van der Waals surface area contributed by atoms with Crippen LogP contribution in [0.4, 0.5) is 0 Å². The van der Waals surface area contributed by atoms with Crippen molar-refractivity contribution >= 4 is 5.97 Å². The van der Waals surface area contributed by atoms with Crippen molar-refractivity contribution in [2.75, 3.05) is 6.61 Å². The maximum absolute atomic E-state index is 12.1. The standard InChI is InChI=1S/C27H38O3/c1-2-3-4-5-6-7-8-9-10-11-12-16-23-29-25-21-19-24(20-22-25)27(28)30-26-17-14-13-15-18-26/h13-15,17-22H,2-12,16,23H2,1H3. The van der Waals surface area contributed by atoms with Crippen LogP contribution >= 0.6 is 0 Å². The number of hydrogen-bond acceptors (Lipinski definition) is 3. The molecule has 0 heterocycles. The van der Waals surface area contributed by atoms with Crippen LogP contribution in [-0.2, 0) is 0 Å². The molecular formula is C27H38O3. The van der Waals surface area contributed by atoms with Crippen LogP contribution in [-0.4, -0.2) is 12.6 Å². The molecular weight excluding hydrogens is 372 g/mol. The molecule has 0 bridgehead atoms. The Balaban J connectivity index is 1.48. The van der Waals surface area contributed by atoms with Gasteiger partial charge < -0.3 is 9.47 Å². The van der Waals surface area contributed by atoms with E-state index in [2.05, 4.69) is 6.92 Å². The molecule has 2 aromatic carbocycles. The van der Waals surface area contributed by atoms with Gasteiger partial charge in [-0.2, -0.15) is 0 Å². The van der Waals surface area contributed by atoms with Crippen molar-refractivity contribution in [3.63, 3.8) is 0 Å². The summed E-state index contributed by atoms with van der Waals surface area (Å²) in [5.41, 5.74) is 0.525. The van der Waals surface area contributed by atoms with E-state index in [1.165, 1.54) is 70.6 Å². The number of rotatable bonds is 16.